The maximum absolute atomic E-state index is 12.6. The van der Waals surface area contributed by atoms with Crippen LogP contribution in [0.5, 0.6) is 11.6 Å². The second-order valence-electron chi connectivity index (χ2n) is 6.21. The van der Waals surface area contributed by atoms with Crippen LogP contribution in [0.25, 0.3) is 0 Å². The van der Waals surface area contributed by atoms with Gasteiger partial charge in [0, 0.05) is 30.1 Å². The number of pyridine rings is 1. The van der Waals surface area contributed by atoms with Crippen LogP contribution in [0.4, 0.5) is 5.69 Å². The molecular weight excluding hydrogens is 378 g/mol. The molecule has 6 nitrogen and oxygen atoms in total. The molecule has 2 amide bonds. The van der Waals surface area contributed by atoms with Crippen molar-refractivity contribution in [2.75, 3.05) is 11.9 Å². The predicted molar refractivity (Wildman–Crippen MR) is 106 cm³/mol. The SMILES string of the molecule is O=C(Nc1cccc2c1CCNC2=O)c1ccc(Oc2ccccc2Cl)nc1. The van der Waals surface area contributed by atoms with Gasteiger partial charge in [-0.15, -0.1) is 0 Å². The molecule has 0 spiro atoms. The van der Waals surface area contributed by atoms with Crippen LogP contribution in [0.1, 0.15) is 26.3 Å². The minimum Gasteiger partial charge on any atom is -0.437 e. The fraction of sp³-hybridized carbons (Fsp3) is 0.0952. The van der Waals surface area contributed by atoms with Gasteiger partial charge in [-0.05, 0) is 42.3 Å². The van der Waals surface area contributed by atoms with Crippen molar-refractivity contribution in [1.29, 1.82) is 0 Å². The third kappa shape index (κ3) is 3.68. The van der Waals surface area contributed by atoms with E-state index in [0.29, 0.717) is 46.4 Å². The second-order valence-corrected chi connectivity index (χ2v) is 6.62. The number of amides is 2. The third-order valence-electron chi connectivity index (χ3n) is 4.38. The van der Waals surface area contributed by atoms with Crippen molar-refractivity contribution in [2.45, 2.75) is 6.42 Å². The summed E-state index contributed by atoms with van der Waals surface area (Å²) in [6, 6.07) is 15.6. The van der Waals surface area contributed by atoms with Crippen LogP contribution in [-0.2, 0) is 6.42 Å². The standard InChI is InChI=1S/C21H16ClN3O3/c22-16-5-1-2-7-18(16)28-19-9-8-13(12-24-19)20(26)25-17-6-3-4-15-14(17)10-11-23-21(15)27/h1-9,12H,10-11H2,(H,23,27)(H,25,26). The summed E-state index contributed by atoms with van der Waals surface area (Å²) in [7, 11) is 0. The van der Waals surface area contributed by atoms with Gasteiger partial charge in [-0.2, -0.15) is 0 Å². The maximum atomic E-state index is 12.6. The Morgan fingerprint density at radius 3 is 2.75 bits per heavy atom. The first-order valence-corrected chi connectivity index (χ1v) is 9.09. The zero-order chi connectivity index (χ0) is 19.5. The molecular formula is C21H16ClN3O3. The van der Waals surface area contributed by atoms with Crippen LogP contribution in [0, 0.1) is 0 Å². The molecule has 7 heteroatoms. The van der Waals surface area contributed by atoms with Crippen LogP contribution in [0.2, 0.25) is 5.02 Å². The fourth-order valence-electron chi connectivity index (χ4n) is 2.99. The van der Waals surface area contributed by atoms with E-state index in [-0.39, 0.29) is 11.8 Å². The molecule has 1 aliphatic rings. The molecule has 0 saturated carbocycles. The van der Waals surface area contributed by atoms with E-state index in [4.69, 9.17) is 16.3 Å². The number of aromatic nitrogens is 1. The molecule has 0 bridgehead atoms. The summed E-state index contributed by atoms with van der Waals surface area (Å²) in [5.41, 5.74) is 2.44. The number of carbonyl (C=O) groups is 2. The van der Waals surface area contributed by atoms with Crippen LogP contribution in [0.15, 0.2) is 60.8 Å². The van der Waals surface area contributed by atoms with Crippen molar-refractivity contribution in [3.05, 3.63) is 82.5 Å². The van der Waals surface area contributed by atoms with Gasteiger partial charge in [0.15, 0.2) is 0 Å². The molecule has 0 unspecified atom stereocenters. The monoisotopic (exact) mass is 393 g/mol. The maximum Gasteiger partial charge on any atom is 0.257 e. The Morgan fingerprint density at radius 1 is 1.11 bits per heavy atom. The Bertz CT molecular complexity index is 1050. The Hall–Kier alpha value is -3.38. The van der Waals surface area contributed by atoms with Crippen LogP contribution >= 0.6 is 11.6 Å². The number of fused-ring (bicyclic) bond motifs is 1. The quantitative estimate of drug-likeness (QED) is 0.700. The minimum absolute atomic E-state index is 0.125. The largest absolute Gasteiger partial charge is 0.437 e. The number of ether oxygens (including phenoxy) is 1. The molecule has 0 saturated heterocycles. The highest BCUT2D eigenvalue weighted by Gasteiger charge is 2.20. The van der Waals surface area contributed by atoms with Gasteiger partial charge in [0.2, 0.25) is 5.88 Å². The highest BCUT2D eigenvalue weighted by molar-refractivity contribution is 6.32. The molecule has 0 fully saturated rings. The van der Waals surface area contributed by atoms with Gasteiger partial charge in [0.1, 0.15) is 5.75 Å². The summed E-state index contributed by atoms with van der Waals surface area (Å²) in [5.74, 6) is 0.387. The van der Waals surface area contributed by atoms with Gasteiger partial charge in [0.25, 0.3) is 11.8 Å². The van der Waals surface area contributed by atoms with Crippen molar-refractivity contribution in [2.24, 2.45) is 0 Å². The zero-order valence-corrected chi connectivity index (χ0v) is 15.5. The van der Waals surface area contributed by atoms with Crippen molar-refractivity contribution >= 4 is 29.1 Å². The first-order valence-electron chi connectivity index (χ1n) is 8.72. The molecule has 2 heterocycles. The Morgan fingerprint density at radius 2 is 1.96 bits per heavy atom. The average molecular weight is 394 g/mol. The number of rotatable bonds is 4. The molecule has 0 radical (unpaired) electrons. The zero-order valence-electron chi connectivity index (χ0n) is 14.7. The lowest BCUT2D eigenvalue weighted by Crippen LogP contribution is -2.32. The topological polar surface area (TPSA) is 80.3 Å². The molecule has 28 heavy (non-hydrogen) atoms. The van der Waals surface area contributed by atoms with E-state index >= 15 is 0 Å². The first kappa shape index (κ1) is 18.0. The Kier molecular flexibility index (Phi) is 4.95. The Balaban J connectivity index is 1.50. The van der Waals surface area contributed by atoms with Crippen LogP contribution in [-0.4, -0.2) is 23.3 Å². The number of para-hydroxylation sites is 1. The highest BCUT2D eigenvalue weighted by Crippen LogP contribution is 2.28. The van der Waals surface area contributed by atoms with Gasteiger partial charge in [-0.25, -0.2) is 4.98 Å². The summed E-state index contributed by atoms with van der Waals surface area (Å²) in [6.45, 7) is 0.550. The van der Waals surface area contributed by atoms with E-state index < -0.39 is 0 Å². The molecule has 140 valence electrons. The number of halogens is 1. The van der Waals surface area contributed by atoms with Crippen LogP contribution in [0.3, 0.4) is 0 Å². The molecule has 1 aliphatic heterocycles. The van der Waals surface area contributed by atoms with Crippen molar-refractivity contribution < 1.29 is 14.3 Å². The van der Waals surface area contributed by atoms with Crippen LogP contribution < -0.4 is 15.4 Å². The molecule has 0 aliphatic carbocycles. The average Bonchev–Trinajstić information content (AvgIpc) is 2.71. The van der Waals surface area contributed by atoms with E-state index in [1.165, 1.54) is 6.20 Å². The summed E-state index contributed by atoms with van der Waals surface area (Å²) in [4.78, 5) is 28.7. The van der Waals surface area contributed by atoms with Gasteiger partial charge in [-0.3, -0.25) is 9.59 Å². The third-order valence-corrected chi connectivity index (χ3v) is 4.69. The summed E-state index contributed by atoms with van der Waals surface area (Å²) in [5, 5.41) is 6.14. The molecule has 4 rings (SSSR count). The van der Waals surface area contributed by atoms with Crippen molar-refractivity contribution in [1.82, 2.24) is 10.3 Å². The first-order chi connectivity index (χ1) is 13.6. The number of hydrogen-bond acceptors (Lipinski definition) is 4. The lowest BCUT2D eigenvalue weighted by molar-refractivity contribution is 0.0944. The van der Waals surface area contributed by atoms with E-state index in [1.807, 2.05) is 12.1 Å². The van der Waals surface area contributed by atoms with E-state index in [9.17, 15) is 9.59 Å². The molecule has 1 aromatic heterocycles. The number of nitrogens with one attached hydrogen (secondary N) is 2. The molecule has 2 aromatic carbocycles. The number of hydrogen-bond donors (Lipinski definition) is 2. The summed E-state index contributed by atoms with van der Waals surface area (Å²) in [6.07, 6.45) is 2.10. The van der Waals surface area contributed by atoms with Gasteiger partial charge < -0.3 is 15.4 Å². The van der Waals surface area contributed by atoms with E-state index in [0.717, 1.165) is 5.56 Å². The fourth-order valence-corrected chi connectivity index (χ4v) is 3.17. The number of benzene rings is 2. The van der Waals surface area contributed by atoms with Gasteiger partial charge >= 0.3 is 0 Å². The van der Waals surface area contributed by atoms with Crippen molar-refractivity contribution in [3.63, 3.8) is 0 Å². The molecule has 0 atom stereocenters. The highest BCUT2D eigenvalue weighted by atomic mass is 35.5. The number of anilines is 1. The van der Waals surface area contributed by atoms with E-state index in [2.05, 4.69) is 15.6 Å². The smallest absolute Gasteiger partial charge is 0.257 e. The number of nitrogens with zero attached hydrogens (tertiary/aromatic N) is 1. The summed E-state index contributed by atoms with van der Waals surface area (Å²) >= 11 is 6.07. The minimum atomic E-state index is -0.309. The van der Waals surface area contributed by atoms with Gasteiger partial charge in [-0.1, -0.05) is 29.8 Å². The lowest BCUT2D eigenvalue weighted by Gasteiger charge is -2.19. The second kappa shape index (κ2) is 7.70. The molecule has 3 aromatic rings. The normalized spacial score (nSPS) is 12.7. The lowest BCUT2D eigenvalue weighted by atomic mass is 9.98. The van der Waals surface area contributed by atoms with E-state index in [1.54, 1.807) is 42.5 Å². The summed E-state index contributed by atoms with van der Waals surface area (Å²) < 4.78 is 5.63. The van der Waals surface area contributed by atoms with Gasteiger partial charge in [0.05, 0.1) is 10.6 Å². The Labute approximate surface area is 166 Å². The number of carbonyl (C=O) groups excluding carboxylic acids is 2. The van der Waals surface area contributed by atoms with Crippen molar-refractivity contribution in [3.8, 4) is 11.6 Å². The molecule has 2 N–H and O–H groups in total. The predicted octanol–water partition coefficient (Wildman–Crippen LogP) is 4.07.